The normalized spacial score (nSPS) is 37.4. The number of hydrogen-bond acceptors (Lipinski definition) is 4. The van der Waals surface area contributed by atoms with Crippen LogP contribution in [0, 0.1) is 17.3 Å². The number of fused-ring (bicyclic) bond motifs is 5. The summed E-state index contributed by atoms with van der Waals surface area (Å²) in [6.45, 7) is 6.37. The van der Waals surface area contributed by atoms with Gasteiger partial charge in [0.05, 0.1) is 13.2 Å². The lowest BCUT2D eigenvalue weighted by Crippen LogP contribution is -2.44. The molecule has 0 heterocycles. The maximum absolute atomic E-state index is 10.6. The van der Waals surface area contributed by atoms with Crippen LogP contribution in [0.25, 0.3) is 0 Å². The van der Waals surface area contributed by atoms with E-state index in [1.54, 1.807) is 7.11 Å². The maximum atomic E-state index is 10.6. The van der Waals surface area contributed by atoms with E-state index in [4.69, 9.17) is 9.99 Å². The molecule has 3 aliphatic carbocycles. The highest BCUT2D eigenvalue weighted by atomic mass is 17.1. The summed E-state index contributed by atoms with van der Waals surface area (Å²) in [6, 6.07) is 3.96. The Morgan fingerprint density at radius 2 is 2.04 bits per heavy atom. The zero-order valence-electron chi connectivity index (χ0n) is 14.4. The standard InChI is InChI=1S/C20H26O4/c1-11-8-16-14-5-4-12-9-18(24-22)17(23-3)10-15(12)13(14)6-7-20(16,2)19(11)21/h9-10,13-14,16,19,21-22H,1,4-8H2,2-3H3/t13-,14+,16-,19-,20-/m0/s1. The SMILES string of the molecule is C=C1C[C@H]2[C@@H]3CCc4cc(OO)c(OC)cc4[C@H]3CC[C@]2(C)[C@H]1O. The third-order valence-corrected chi connectivity index (χ3v) is 7.04. The molecule has 0 aliphatic heterocycles. The van der Waals surface area contributed by atoms with Gasteiger partial charge in [0.25, 0.3) is 0 Å². The predicted octanol–water partition coefficient (Wildman–Crippen LogP) is 3.93. The fourth-order valence-electron chi connectivity index (χ4n) is 5.74. The van der Waals surface area contributed by atoms with Crippen molar-refractivity contribution in [2.75, 3.05) is 7.11 Å². The highest BCUT2D eigenvalue weighted by molar-refractivity contribution is 5.50. The molecule has 130 valence electrons. The van der Waals surface area contributed by atoms with Gasteiger partial charge < -0.3 is 14.7 Å². The zero-order valence-corrected chi connectivity index (χ0v) is 14.4. The first-order valence-corrected chi connectivity index (χ1v) is 8.87. The van der Waals surface area contributed by atoms with Gasteiger partial charge >= 0.3 is 0 Å². The molecule has 4 heteroatoms. The van der Waals surface area contributed by atoms with Crippen LogP contribution in [0.2, 0.25) is 0 Å². The number of aryl methyl sites for hydroxylation is 1. The van der Waals surface area contributed by atoms with E-state index in [0.29, 0.717) is 29.3 Å². The van der Waals surface area contributed by atoms with Crippen LogP contribution >= 0.6 is 0 Å². The Bertz CT molecular complexity index is 682. The summed E-state index contributed by atoms with van der Waals surface area (Å²) in [7, 11) is 1.60. The minimum Gasteiger partial charge on any atom is -0.493 e. The molecule has 1 aromatic carbocycles. The van der Waals surface area contributed by atoms with Crippen molar-refractivity contribution in [2.24, 2.45) is 17.3 Å². The molecule has 5 atom stereocenters. The van der Waals surface area contributed by atoms with Crippen molar-refractivity contribution in [3.63, 3.8) is 0 Å². The van der Waals surface area contributed by atoms with Crippen molar-refractivity contribution in [1.82, 2.24) is 0 Å². The van der Waals surface area contributed by atoms with E-state index in [-0.39, 0.29) is 11.5 Å². The summed E-state index contributed by atoms with van der Waals surface area (Å²) in [5, 5.41) is 19.7. The fourth-order valence-corrected chi connectivity index (χ4v) is 5.74. The van der Waals surface area contributed by atoms with Gasteiger partial charge in [-0.15, -0.1) is 0 Å². The van der Waals surface area contributed by atoms with Crippen molar-refractivity contribution in [1.29, 1.82) is 0 Å². The van der Waals surface area contributed by atoms with Gasteiger partial charge in [-0.1, -0.05) is 13.5 Å². The minimum absolute atomic E-state index is 0.0199. The molecule has 0 saturated heterocycles. The maximum Gasteiger partial charge on any atom is 0.207 e. The van der Waals surface area contributed by atoms with Gasteiger partial charge in [-0.2, -0.15) is 0 Å². The van der Waals surface area contributed by atoms with E-state index >= 15 is 0 Å². The van der Waals surface area contributed by atoms with E-state index in [1.165, 1.54) is 11.1 Å². The second kappa shape index (κ2) is 5.50. The number of hydrogen-bond donors (Lipinski definition) is 2. The monoisotopic (exact) mass is 330 g/mol. The van der Waals surface area contributed by atoms with Gasteiger partial charge in [0.1, 0.15) is 0 Å². The van der Waals surface area contributed by atoms with Gasteiger partial charge in [0.15, 0.2) is 5.75 Å². The van der Waals surface area contributed by atoms with Gasteiger partial charge in [0, 0.05) is 5.41 Å². The summed E-state index contributed by atoms with van der Waals surface area (Å²) in [5.41, 5.74) is 3.57. The summed E-state index contributed by atoms with van der Waals surface area (Å²) >= 11 is 0. The molecule has 24 heavy (non-hydrogen) atoms. The third kappa shape index (κ3) is 2.06. The first-order chi connectivity index (χ1) is 11.5. The van der Waals surface area contributed by atoms with Crippen LogP contribution in [0.5, 0.6) is 11.5 Å². The summed E-state index contributed by atoms with van der Waals surface area (Å²) < 4.78 is 5.38. The first-order valence-electron chi connectivity index (χ1n) is 8.87. The van der Waals surface area contributed by atoms with Crippen LogP contribution in [0.4, 0.5) is 0 Å². The predicted molar refractivity (Wildman–Crippen MR) is 91.4 cm³/mol. The molecular formula is C20H26O4. The highest BCUT2D eigenvalue weighted by Gasteiger charge is 2.55. The van der Waals surface area contributed by atoms with E-state index in [0.717, 1.165) is 37.7 Å². The Balaban J connectivity index is 1.73. The number of methoxy groups -OCH3 is 1. The minimum atomic E-state index is -0.357. The van der Waals surface area contributed by atoms with Crippen molar-refractivity contribution >= 4 is 0 Å². The number of aliphatic hydroxyl groups is 1. The Labute approximate surface area is 143 Å². The lowest BCUT2D eigenvalue weighted by Gasteiger charge is -2.49. The van der Waals surface area contributed by atoms with E-state index in [1.807, 2.05) is 12.1 Å². The average molecular weight is 330 g/mol. The number of ether oxygens (including phenoxy) is 1. The molecule has 4 rings (SSSR count). The van der Waals surface area contributed by atoms with Crippen LogP contribution in [-0.4, -0.2) is 23.6 Å². The van der Waals surface area contributed by atoms with E-state index < -0.39 is 0 Å². The topological polar surface area (TPSA) is 58.9 Å². The molecule has 3 aliphatic rings. The van der Waals surface area contributed by atoms with Crippen molar-refractivity contribution < 1.29 is 20.0 Å². The fraction of sp³-hybridized carbons (Fsp3) is 0.600. The van der Waals surface area contributed by atoms with Gasteiger partial charge in [-0.05, 0) is 78.7 Å². The molecule has 0 spiro atoms. The quantitative estimate of drug-likeness (QED) is 0.490. The Morgan fingerprint density at radius 3 is 2.75 bits per heavy atom. The molecule has 2 saturated carbocycles. The Morgan fingerprint density at radius 1 is 1.25 bits per heavy atom. The average Bonchev–Trinajstić information content (AvgIpc) is 2.84. The molecule has 0 radical (unpaired) electrons. The molecular weight excluding hydrogens is 304 g/mol. The smallest absolute Gasteiger partial charge is 0.207 e. The second-order valence-electron chi connectivity index (χ2n) is 8.02. The number of benzene rings is 1. The van der Waals surface area contributed by atoms with Gasteiger partial charge in [-0.25, -0.2) is 5.26 Å². The lowest BCUT2D eigenvalue weighted by molar-refractivity contribution is -0.139. The van der Waals surface area contributed by atoms with Crippen LogP contribution in [0.1, 0.15) is 49.7 Å². The van der Waals surface area contributed by atoms with Crippen LogP contribution in [0.3, 0.4) is 0 Å². The molecule has 0 bridgehead atoms. The van der Waals surface area contributed by atoms with Crippen molar-refractivity contribution in [3.8, 4) is 11.5 Å². The lowest BCUT2D eigenvalue weighted by atomic mass is 9.55. The van der Waals surface area contributed by atoms with Crippen molar-refractivity contribution in [2.45, 2.75) is 51.0 Å². The molecule has 1 aromatic rings. The van der Waals surface area contributed by atoms with Gasteiger partial charge in [0.2, 0.25) is 5.75 Å². The van der Waals surface area contributed by atoms with Gasteiger partial charge in [-0.3, -0.25) is 0 Å². The van der Waals surface area contributed by atoms with Crippen LogP contribution < -0.4 is 9.62 Å². The molecule has 0 amide bonds. The molecule has 2 N–H and O–H groups in total. The largest absolute Gasteiger partial charge is 0.493 e. The van der Waals surface area contributed by atoms with Crippen LogP contribution in [0.15, 0.2) is 24.3 Å². The Kier molecular flexibility index (Phi) is 3.66. The van der Waals surface area contributed by atoms with Crippen LogP contribution in [-0.2, 0) is 6.42 Å². The third-order valence-electron chi connectivity index (χ3n) is 7.04. The summed E-state index contributed by atoms with van der Waals surface area (Å²) in [4.78, 5) is 4.48. The van der Waals surface area contributed by atoms with E-state index in [9.17, 15) is 5.11 Å². The zero-order chi connectivity index (χ0) is 17.1. The molecule has 4 nitrogen and oxygen atoms in total. The van der Waals surface area contributed by atoms with E-state index in [2.05, 4.69) is 18.4 Å². The van der Waals surface area contributed by atoms with Crippen molar-refractivity contribution in [3.05, 3.63) is 35.4 Å². The number of rotatable bonds is 2. The summed E-state index contributed by atoms with van der Waals surface area (Å²) in [5.74, 6) is 2.55. The number of aliphatic hydroxyl groups excluding tert-OH is 1. The molecule has 2 fully saturated rings. The first kappa shape index (κ1) is 16.0. The Hall–Kier alpha value is -1.52. The molecule has 0 unspecified atom stereocenters. The molecule has 0 aromatic heterocycles. The summed E-state index contributed by atoms with van der Waals surface area (Å²) in [6.07, 6.45) is 4.80. The highest BCUT2D eigenvalue weighted by Crippen LogP contribution is 2.62. The second-order valence-corrected chi connectivity index (χ2v) is 8.02.